The fraction of sp³-hybridized carbons (Fsp3) is 0.0667. The van der Waals surface area contributed by atoms with Crippen molar-refractivity contribution in [1.82, 2.24) is 0 Å². The van der Waals surface area contributed by atoms with Crippen molar-refractivity contribution >= 4 is 23.2 Å². The molecule has 9 heteroatoms. The van der Waals surface area contributed by atoms with Crippen LogP contribution in [-0.2, 0) is 6.42 Å². The van der Waals surface area contributed by atoms with Gasteiger partial charge in [0.05, 0.1) is 41.7 Å². The van der Waals surface area contributed by atoms with E-state index in [0.29, 0.717) is 33.2 Å². The minimum absolute atomic E-state index is 0.0180. The van der Waals surface area contributed by atoms with Crippen LogP contribution in [0.25, 0.3) is 0 Å². The van der Waals surface area contributed by atoms with Crippen molar-refractivity contribution < 1.29 is 13.2 Å². The van der Waals surface area contributed by atoms with Gasteiger partial charge in [-0.05, 0) is 77.4 Å². The van der Waals surface area contributed by atoms with Gasteiger partial charge in [-0.25, -0.2) is 13.2 Å². The van der Waals surface area contributed by atoms with Crippen LogP contribution in [0.2, 0.25) is 10.0 Å². The van der Waals surface area contributed by atoms with E-state index in [0.717, 1.165) is 11.6 Å². The van der Waals surface area contributed by atoms with E-state index in [-0.39, 0.29) is 17.2 Å². The van der Waals surface area contributed by atoms with Crippen molar-refractivity contribution in [3.63, 3.8) is 0 Å². The molecule has 1 atom stereocenters. The van der Waals surface area contributed by atoms with Crippen molar-refractivity contribution in [2.24, 2.45) is 0 Å². The maximum Gasteiger partial charge on any atom is 0.142 e. The third kappa shape index (κ3) is 9.55. The van der Waals surface area contributed by atoms with Gasteiger partial charge >= 0.3 is 0 Å². The van der Waals surface area contributed by atoms with Crippen LogP contribution in [0.4, 0.5) is 13.2 Å². The molecule has 0 fully saturated rings. The Labute approximate surface area is 233 Å². The Kier molecular flexibility index (Phi) is 12.1. The molecule has 4 aromatic carbocycles. The molecule has 0 aromatic heterocycles. The van der Waals surface area contributed by atoms with Crippen LogP contribution in [0.15, 0.2) is 84.9 Å². The fourth-order valence-electron chi connectivity index (χ4n) is 3.13. The zero-order valence-electron chi connectivity index (χ0n) is 20.0. The van der Waals surface area contributed by atoms with Gasteiger partial charge < -0.3 is 0 Å². The van der Waals surface area contributed by atoms with E-state index in [1.165, 1.54) is 48.5 Å². The highest BCUT2D eigenvalue weighted by Gasteiger charge is 2.17. The van der Waals surface area contributed by atoms with Gasteiger partial charge in [0.15, 0.2) is 0 Å². The monoisotopic (exact) mass is 560 g/mol. The first-order chi connectivity index (χ1) is 18.7. The highest BCUT2D eigenvalue weighted by Crippen LogP contribution is 2.29. The predicted octanol–water partition coefficient (Wildman–Crippen LogP) is 8.25. The fourth-order valence-corrected chi connectivity index (χ4v) is 3.47. The lowest BCUT2D eigenvalue weighted by Gasteiger charge is -2.12. The maximum atomic E-state index is 12.9. The number of benzene rings is 4. The lowest BCUT2D eigenvalue weighted by atomic mass is 9.89. The lowest BCUT2D eigenvalue weighted by molar-refractivity contribution is 0.624. The molecule has 0 saturated heterocycles. The minimum Gasteiger partial charge on any atom is -0.207 e. The van der Waals surface area contributed by atoms with E-state index in [2.05, 4.69) is 6.07 Å². The Bertz CT molecular complexity index is 1580. The Hall–Kier alpha value is -4.79. The Balaban J connectivity index is 0.000000225. The average molecular weight is 561 g/mol. The molecule has 4 nitrogen and oxygen atoms in total. The summed E-state index contributed by atoms with van der Waals surface area (Å²) in [6, 6.07) is 28.1. The van der Waals surface area contributed by atoms with E-state index in [4.69, 9.17) is 39.0 Å². The summed E-state index contributed by atoms with van der Waals surface area (Å²) in [7, 11) is 0. The molecule has 0 aliphatic heterocycles. The van der Waals surface area contributed by atoms with Crippen LogP contribution in [0, 0.1) is 62.8 Å². The van der Waals surface area contributed by atoms with Gasteiger partial charge in [-0.1, -0.05) is 47.5 Å². The minimum atomic E-state index is -0.644. The van der Waals surface area contributed by atoms with Crippen LogP contribution in [0.3, 0.4) is 0 Å². The van der Waals surface area contributed by atoms with E-state index in [1.807, 2.05) is 12.1 Å². The molecular weight excluding hydrogens is 544 g/mol. The molecule has 0 bridgehead atoms. The highest BCUT2D eigenvalue weighted by molar-refractivity contribution is 6.30. The summed E-state index contributed by atoms with van der Waals surface area (Å²) in [5, 5.41) is 35.7. The number of nitrogens with zero attached hydrogens (tertiary/aromatic N) is 4. The molecule has 1 unspecified atom stereocenters. The number of hydrogen-bond donors (Lipinski definition) is 0. The molecule has 0 N–H and O–H groups in total. The smallest absolute Gasteiger partial charge is 0.142 e. The van der Waals surface area contributed by atoms with Gasteiger partial charge in [0.25, 0.3) is 0 Å². The molecule has 39 heavy (non-hydrogen) atoms. The predicted molar refractivity (Wildman–Crippen MR) is 142 cm³/mol. The normalized spacial score (nSPS) is 10.1. The van der Waals surface area contributed by atoms with Crippen molar-refractivity contribution in [2.75, 3.05) is 0 Å². The zero-order valence-corrected chi connectivity index (χ0v) is 21.6. The molecule has 4 rings (SSSR count). The highest BCUT2D eigenvalue weighted by atomic mass is 35.5. The molecular formula is C30H17Cl2F3N4. The van der Waals surface area contributed by atoms with Crippen molar-refractivity contribution in [3.05, 3.63) is 140 Å². The Morgan fingerprint density at radius 1 is 0.641 bits per heavy atom. The topological polar surface area (TPSA) is 95.2 Å². The van der Waals surface area contributed by atoms with E-state index in [1.54, 1.807) is 36.4 Å². The van der Waals surface area contributed by atoms with E-state index in [9.17, 15) is 18.4 Å². The second kappa shape index (κ2) is 15.5. The van der Waals surface area contributed by atoms with Gasteiger partial charge in [0.2, 0.25) is 0 Å². The number of nitriles is 4. The summed E-state index contributed by atoms with van der Waals surface area (Å²) < 4.78 is 37.7. The van der Waals surface area contributed by atoms with Crippen molar-refractivity contribution in [1.29, 1.82) is 21.0 Å². The van der Waals surface area contributed by atoms with Crippen LogP contribution in [0.1, 0.15) is 33.7 Å². The van der Waals surface area contributed by atoms with Crippen molar-refractivity contribution in [3.8, 4) is 24.3 Å². The summed E-state index contributed by atoms with van der Waals surface area (Å²) in [4.78, 5) is 0. The van der Waals surface area contributed by atoms with Crippen LogP contribution in [-0.4, -0.2) is 0 Å². The first-order valence-corrected chi connectivity index (χ1v) is 11.8. The largest absolute Gasteiger partial charge is 0.207 e. The third-order valence-electron chi connectivity index (χ3n) is 5.03. The first-order valence-electron chi connectivity index (χ1n) is 11.0. The number of hydrogen-bond acceptors (Lipinski definition) is 4. The summed E-state index contributed by atoms with van der Waals surface area (Å²) in [5.41, 5.74) is 2.42. The molecule has 0 heterocycles. The average Bonchev–Trinajstić information content (AvgIpc) is 2.93. The Morgan fingerprint density at radius 3 is 1.64 bits per heavy atom. The van der Waals surface area contributed by atoms with Crippen LogP contribution in [0.5, 0.6) is 0 Å². The van der Waals surface area contributed by atoms with Gasteiger partial charge in [-0.2, -0.15) is 21.0 Å². The second-order valence-corrected chi connectivity index (χ2v) is 8.53. The molecule has 0 saturated carbocycles. The van der Waals surface area contributed by atoms with E-state index >= 15 is 0 Å². The lowest BCUT2D eigenvalue weighted by Crippen LogP contribution is -2.01. The molecule has 0 amide bonds. The Morgan fingerprint density at radius 2 is 1.15 bits per heavy atom. The summed E-state index contributed by atoms with van der Waals surface area (Å²) in [5.74, 6) is -1.85. The van der Waals surface area contributed by atoms with Crippen LogP contribution >= 0.6 is 23.2 Å². The zero-order chi connectivity index (χ0) is 28.8. The van der Waals surface area contributed by atoms with E-state index < -0.39 is 11.7 Å². The molecule has 192 valence electrons. The maximum absolute atomic E-state index is 12.9. The summed E-state index contributed by atoms with van der Waals surface area (Å²) in [6.45, 7) is 0. The van der Waals surface area contributed by atoms with Crippen molar-refractivity contribution in [2.45, 2.75) is 12.3 Å². The quantitative estimate of drug-likeness (QED) is 0.252. The summed E-state index contributed by atoms with van der Waals surface area (Å²) in [6.07, 6.45) is 0.347. The van der Waals surface area contributed by atoms with Gasteiger partial charge in [-0.15, -0.1) is 0 Å². The first kappa shape index (κ1) is 30.4. The molecule has 0 aliphatic carbocycles. The molecule has 0 radical (unpaired) electrons. The third-order valence-corrected chi connectivity index (χ3v) is 5.50. The summed E-state index contributed by atoms with van der Waals surface area (Å²) >= 11 is 11.3. The van der Waals surface area contributed by atoms with Gasteiger partial charge in [0.1, 0.15) is 23.5 Å². The van der Waals surface area contributed by atoms with Crippen LogP contribution < -0.4 is 0 Å². The SMILES string of the molecule is N#CCc1ccc(F)cc1.N#Cc1ccc(Cl)cc1C(C#N)c1ccc(F)cc1.N#Cc1ccc(Cl)cc1F. The molecule has 4 aromatic rings. The second-order valence-electron chi connectivity index (χ2n) is 7.65. The standard InChI is InChI=1S/C15H8ClFN2.C8H6FN.C7H3ClFN/c16-12-4-1-11(8-18)14(7-12)15(9-19)10-2-5-13(17)6-3-10;9-8-3-1-7(2-4-8)5-6-10;8-6-2-1-5(4-10)7(9)3-6/h1-7,15H;1-4H,5H2;1-3H. The molecule has 0 spiro atoms. The molecule has 0 aliphatic rings. The van der Waals surface area contributed by atoms with Gasteiger partial charge in [0, 0.05) is 10.0 Å². The number of rotatable bonds is 3. The van der Waals surface area contributed by atoms with Gasteiger partial charge in [-0.3, -0.25) is 0 Å². The number of halogens is 5.